The summed E-state index contributed by atoms with van der Waals surface area (Å²) in [6, 6.07) is 0. The van der Waals surface area contributed by atoms with Crippen molar-refractivity contribution in [2.75, 3.05) is 0 Å². The van der Waals surface area contributed by atoms with Crippen LogP contribution in [0.2, 0.25) is 0 Å². The summed E-state index contributed by atoms with van der Waals surface area (Å²) in [4.78, 5) is 0. The summed E-state index contributed by atoms with van der Waals surface area (Å²) in [5.41, 5.74) is 0.803. The highest BCUT2D eigenvalue weighted by Gasteiger charge is 2.60. The highest BCUT2D eigenvalue weighted by molar-refractivity contribution is 5.10. The van der Waals surface area contributed by atoms with Gasteiger partial charge in [0.25, 0.3) is 0 Å². The van der Waals surface area contributed by atoms with E-state index in [1.165, 1.54) is 19.3 Å². The van der Waals surface area contributed by atoms with Gasteiger partial charge in [-0.2, -0.15) is 0 Å². The lowest BCUT2D eigenvalue weighted by molar-refractivity contribution is -0.0442. The van der Waals surface area contributed by atoms with Crippen molar-refractivity contribution in [3.8, 4) is 0 Å². The molecule has 3 atom stereocenters. The SMILES string of the molecule is CC/C=C\O[C@@H]1C(C)(C)[C@@H]2CC[C@@]1(C)C2. The van der Waals surface area contributed by atoms with Crippen molar-refractivity contribution in [2.45, 2.75) is 59.5 Å². The summed E-state index contributed by atoms with van der Waals surface area (Å²) in [7, 11) is 0. The largest absolute Gasteiger partial charge is 0.497 e. The Morgan fingerprint density at radius 3 is 2.60 bits per heavy atom. The lowest BCUT2D eigenvalue weighted by Crippen LogP contribution is -2.41. The molecule has 1 heteroatoms. The number of hydrogen-bond acceptors (Lipinski definition) is 1. The van der Waals surface area contributed by atoms with Crippen molar-refractivity contribution in [2.24, 2.45) is 16.7 Å². The predicted molar refractivity (Wildman–Crippen MR) is 63.5 cm³/mol. The van der Waals surface area contributed by atoms with Crippen molar-refractivity contribution in [3.63, 3.8) is 0 Å². The van der Waals surface area contributed by atoms with E-state index in [0.717, 1.165) is 12.3 Å². The van der Waals surface area contributed by atoms with Gasteiger partial charge in [0.2, 0.25) is 0 Å². The van der Waals surface area contributed by atoms with Crippen molar-refractivity contribution in [1.82, 2.24) is 0 Å². The summed E-state index contributed by atoms with van der Waals surface area (Å²) < 4.78 is 6.02. The van der Waals surface area contributed by atoms with Crippen LogP contribution < -0.4 is 0 Å². The zero-order valence-electron chi connectivity index (χ0n) is 10.5. The van der Waals surface area contributed by atoms with Gasteiger partial charge in [-0.3, -0.25) is 0 Å². The van der Waals surface area contributed by atoms with E-state index in [1.54, 1.807) is 0 Å². The summed E-state index contributed by atoms with van der Waals surface area (Å²) >= 11 is 0. The van der Waals surface area contributed by atoms with Gasteiger partial charge in [0, 0.05) is 10.8 Å². The maximum Gasteiger partial charge on any atom is 0.108 e. The highest BCUT2D eigenvalue weighted by Crippen LogP contribution is 2.63. The molecule has 86 valence electrons. The molecule has 0 saturated heterocycles. The first-order valence-electron chi connectivity index (χ1n) is 6.31. The van der Waals surface area contributed by atoms with E-state index in [4.69, 9.17) is 4.74 Å². The van der Waals surface area contributed by atoms with E-state index in [0.29, 0.717) is 16.9 Å². The first-order valence-corrected chi connectivity index (χ1v) is 6.31. The number of hydrogen-bond donors (Lipinski definition) is 0. The molecule has 2 aliphatic rings. The van der Waals surface area contributed by atoms with Gasteiger partial charge in [-0.25, -0.2) is 0 Å². The molecule has 0 unspecified atom stereocenters. The Morgan fingerprint density at radius 1 is 1.33 bits per heavy atom. The van der Waals surface area contributed by atoms with Crippen molar-refractivity contribution < 1.29 is 4.74 Å². The number of fused-ring (bicyclic) bond motifs is 2. The Kier molecular flexibility index (Phi) is 2.60. The Morgan fingerprint density at radius 2 is 2.07 bits per heavy atom. The molecule has 2 saturated carbocycles. The molecule has 0 amide bonds. The Balaban J connectivity index is 2.12. The van der Waals surface area contributed by atoms with Crippen LogP contribution in [-0.2, 0) is 4.74 Å². The first kappa shape index (κ1) is 11.0. The summed E-state index contributed by atoms with van der Waals surface area (Å²) in [5, 5.41) is 0. The molecule has 0 aromatic rings. The van der Waals surface area contributed by atoms with E-state index in [9.17, 15) is 0 Å². The number of rotatable bonds is 3. The standard InChI is InChI=1S/C14H24O/c1-5-6-9-15-12-13(2,3)11-7-8-14(12,4)10-11/h6,9,11-12H,5,7-8,10H2,1-4H3/b9-6-/t11-,12-,14+/m1/s1. The fraction of sp³-hybridized carbons (Fsp3) is 0.857. The Bertz CT molecular complexity index is 262. The predicted octanol–water partition coefficient (Wildman–Crippen LogP) is 4.14. The second-order valence-corrected chi connectivity index (χ2v) is 6.21. The third-order valence-corrected chi connectivity index (χ3v) is 4.68. The van der Waals surface area contributed by atoms with Gasteiger partial charge in [0.1, 0.15) is 6.10 Å². The molecule has 0 spiro atoms. The van der Waals surface area contributed by atoms with Gasteiger partial charge in [-0.1, -0.05) is 33.8 Å². The Hall–Kier alpha value is -0.460. The highest BCUT2D eigenvalue weighted by atomic mass is 16.5. The van der Waals surface area contributed by atoms with Crippen LogP contribution in [0.1, 0.15) is 53.4 Å². The first-order chi connectivity index (χ1) is 7.00. The van der Waals surface area contributed by atoms with Crippen molar-refractivity contribution in [1.29, 1.82) is 0 Å². The molecule has 2 bridgehead atoms. The second kappa shape index (κ2) is 3.54. The minimum absolute atomic E-state index is 0.366. The zero-order chi connectivity index (χ0) is 11.1. The fourth-order valence-electron chi connectivity index (χ4n) is 3.83. The van der Waals surface area contributed by atoms with Crippen LogP contribution in [0, 0.1) is 16.7 Å². The van der Waals surface area contributed by atoms with Crippen LogP contribution >= 0.6 is 0 Å². The minimum Gasteiger partial charge on any atom is -0.497 e. The van der Waals surface area contributed by atoms with Gasteiger partial charge in [-0.05, 0) is 31.6 Å². The molecule has 0 aromatic carbocycles. The van der Waals surface area contributed by atoms with Gasteiger partial charge < -0.3 is 4.74 Å². The summed E-state index contributed by atoms with van der Waals surface area (Å²) in [6.45, 7) is 9.32. The quantitative estimate of drug-likeness (QED) is 0.633. The smallest absolute Gasteiger partial charge is 0.108 e. The van der Waals surface area contributed by atoms with E-state index < -0.39 is 0 Å². The maximum atomic E-state index is 6.02. The van der Waals surface area contributed by atoms with Crippen LogP contribution in [0.15, 0.2) is 12.3 Å². The van der Waals surface area contributed by atoms with Crippen LogP contribution in [0.25, 0.3) is 0 Å². The topological polar surface area (TPSA) is 9.23 Å². The molecule has 0 aromatic heterocycles. The van der Waals surface area contributed by atoms with E-state index in [2.05, 4.69) is 33.8 Å². The molecule has 0 aliphatic heterocycles. The molecule has 0 heterocycles. The van der Waals surface area contributed by atoms with Gasteiger partial charge in [0.05, 0.1) is 6.26 Å². The van der Waals surface area contributed by atoms with Crippen molar-refractivity contribution in [3.05, 3.63) is 12.3 Å². The maximum absolute atomic E-state index is 6.02. The third kappa shape index (κ3) is 1.60. The molecule has 0 N–H and O–H groups in total. The molecule has 2 fully saturated rings. The van der Waals surface area contributed by atoms with Crippen LogP contribution in [0.5, 0.6) is 0 Å². The van der Waals surface area contributed by atoms with E-state index in [1.807, 2.05) is 6.26 Å². The minimum atomic E-state index is 0.366. The molecule has 1 nitrogen and oxygen atoms in total. The molecule has 2 rings (SSSR count). The molecule has 2 aliphatic carbocycles. The fourth-order valence-corrected chi connectivity index (χ4v) is 3.83. The summed E-state index contributed by atoms with van der Waals surface area (Å²) in [5.74, 6) is 0.877. The third-order valence-electron chi connectivity index (χ3n) is 4.68. The van der Waals surface area contributed by atoms with Crippen molar-refractivity contribution >= 4 is 0 Å². The summed E-state index contributed by atoms with van der Waals surface area (Å²) in [6.07, 6.45) is 9.65. The molecular weight excluding hydrogens is 184 g/mol. The molecule has 0 radical (unpaired) electrons. The number of allylic oxidation sites excluding steroid dienone is 1. The lowest BCUT2D eigenvalue weighted by atomic mass is 9.70. The lowest BCUT2D eigenvalue weighted by Gasteiger charge is -2.41. The molecule has 15 heavy (non-hydrogen) atoms. The monoisotopic (exact) mass is 208 g/mol. The normalized spacial score (nSPS) is 42.7. The average Bonchev–Trinajstić information content (AvgIpc) is 2.62. The van der Waals surface area contributed by atoms with Gasteiger partial charge in [0.15, 0.2) is 0 Å². The van der Waals surface area contributed by atoms with Crippen LogP contribution in [-0.4, -0.2) is 6.10 Å². The van der Waals surface area contributed by atoms with Gasteiger partial charge in [-0.15, -0.1) is 0 Å². The van der Waals surface area contributed by atoms with E-state index >= 15 is 0 Å². The average molecular weight is 208 g/mol. The second-order valence-electron chi connectivity index (χ2n) is 6.21. The molecular formula is C14H24O. The Labute approximate surface area is 93.9 Å². The zero-order valence-corrected chi connectivity index (χ0v) is 10.5. The van der Waals surface area contributed by atoms with E-state index in [-0.39, 0.29) is 0 Å². The van der Waals surface area contributed by atoms with Gasteiger partial charge >= 0.3 is 0 Å². The van der Waals surface area contributed by atoms with Crippen LogP contribution in [0.4, 0.5) is 0 Å². The van der Waals surface area contributed by atoms with Crippen LogP contribution in [0.3, 0.4) is 0 Å². The number of ether oxygens (including phenoxy) is 1.